The first-order valence-corrected chi connectivity index (χ1v) is 13.9. The van der Waals surface area contributed by atoms with Gasteiger partial charge in [-0.3, -0.25) is 9.69 Å². The van der Waals surface area contributed by atoms with Gasteiger partial charge < -0.3 is 23.9 Å². The fraction of sp³-hybridized carbons (Fsp3) is 0.433. The number of hydrogen-bond donors (Lipinski definition) is 1. The highest BCUT2D eigenvalue weighted by molar-refractivity contribution is 6.07. The molecule has 42 heavy (non-hydrogen) atoms. The van der Waals surface area contributed by atoms with E-state index in [2.05, 4.69) is 5.32 Å². The number of hydrogen-bond acceptors (Lipinski definition) is 7. The summed E-state index contributed by atoms with van der Waals surface area (Å²) in [7, 11) is 0. The number of imide groups is 1. The van der Waals surface area contributed by atoms with Crippen molar-refractivity contribution < 1.29 is 41.4 Å². The quantitative estimate of drug-likeness (QED) is 0.188. The Morgan fingerprint density at radius 1 is 1.00 bits per heavy atom. The minimum Gasteiger partial charge on any atom is -0.493 e. The molecule has 3 heterocycles. The van der Waals surface area contributed by atoms with Gasteiger partial charge in [0.15, 0.2) is 11.5 Å². The van der Waals surface area contributed by atoms with Crippen molar-refractivity contribution in [1.82, 2.24) is 10.2 Å². The third-order valence-electron chi connectivity index (χ3n) is 7.46. The predicted octanol–water partition coefficient (Wildman–Crippen LogP) is 5.55. The van der Waals surface area contributed by atoms with E-state index in [1.807, 2.05) is 6.92 Å². The molecule has 12 heteroatoms. The summed E-state index contributed by atoms with van der Waals surface area (Å²) >= 11 is 0. The number of nitrogens with zero attached hydrogens (tertiary/aromatic N) is 1. The average Bonchev–Trinajstić information content (AvgIpc) is 3.18. The van der Waals surface area contributed by atoms with Gasteiger partial charge >= 0.3 is 17.8 Å². The fourth-order valence-corrected chi connectivity index (χ4v) is 5.30. The topological polar surface area (TPSA) is 107 Å². The van der Waals surface area contributed by atoms with Crippen LogP contribution >= 0.6 is 0 Å². The summed E-state index contributed by atoms with van der Waals surface area (Å²) in [6, 6.07) is 7.88. The molecular weight excluding hydrogens is 557 g/mol. The van der Waals surface area contributed by atoms with Gasteiger partial charge in [0.2, 0.25) is 0 Å². The normalized spacial score (nSPS) is 18.5. The van der Waals surface area contributed by atoms with E-state index in [9.17, 15) is 27.6 Å². The van der Waals surface area contributed by atoms with Gasteiger partial charge in [-0.05, 0) is 62.4 Å². The van der Waals surface area contributed by atoms with Crippen molar-refractivity contribution >= 4 is 22.9 Å². The highest BCUT2D eigenvalue weighted by atomic mass is 19.4. The number of halogens is 3. The smallest absolute Gasteiger partial charge is 0.417 e. The Kier molecular flexibility index (Phi) is 8.07. The van der Waals surface area contributed by atoms with Gasteiger partial charge in [-0.15, -0.1) is 0 Å². The Morgan fingerprint density at radius 2 is 1.76 bits per heavy atom. The van der Waals surface area contributed by atoms with Gasteiger partial charge in [-0.1, -0.05) is 19.4 Å². The zero-order valence-corrected chi connectivity index (χ0v) is 23.3. The zero-order chi connectivity index (χ0) is 30.1. The molecule has 2 aliphatic rings. The number of amides is 3. The second kappa shape index (κ2) is 11.6. The van der Waals surface area contributed by atoms with Crippen molar-refractivity contribution in [3.05, 3.63) is 63.5 Å². The largest absolute Gasteiger partial charge is 0.493 e. The highest BCUT2D eigenvalue weighted by Crippen LogP contribution is 2.38. The lowest BCUT2D eigenvalue weighted by atomic mass is 9.91. The second-order valence-corrected chi connectivity index (χ2v) is 10.4. The number of carbonyl (C=O) groups is 2. The van der Waals surface area contributed by atoms with Crippen LogP contribution in [0.5, 0.6) is 17.2 Å². The molecule has 1 unspecified atom stereocenters. The number of urea groups is 1. The Morgan fingerprint density at radius 3 is 2.50 bits per heavy atom. The Balaban J connectivity index is 1.18. The van der Waals surface area contributed by atoms with E-state index < -0.39 is 28.9 Å². The van der Waals surface area contributed by atoms with Crippen LogP contribution in [-0.4, -0.2) is 43.2 Å². The summed E-state index contributed by atoms with van der Waals surface area (Å²) in [5.74, 6) is 1.11. The molecule has 0 aliphatic carbocycles. The molecule has 1 atom stereocenters. The molecule has 0 saturated carbocycles. The summed E-state index contributed by atoms with van der Waals surface area (Å²) in [6.45, 7) is 4.83. The molecule has 224 valence electrons. The first-order chi connectivity index (χ1) is 20.0. The number of carbonyl (C=O) groups excluding carboxylic acids is 2. The van der Waals surface area contributed by atoms with Crippen LogP contribution in [0.4, 0.5) is 18.0 Å². The number of ether oxygens (including phenoxy) is 3. The molecule has 1 N–H and O–H groups in total. The lowest BCUT2D eigenvalue weighted by Crippen LogP contribution is -2.41. The van der Waals surface area contributed by atoms with E-state index >= 15 is 0 Å². The van der Waals surface area contributed by atoms with Crippen molar-refractivity contribution in [2.75, 3.05) is 26.4 Å². The molecule has 3 aromatic rings. The van der Waals surface area contributed by atoms with Crippen molar-refractivity contribution in [2.24, 2.45) is 0 Å². The van der Waals surface area contributed by atoms with Crippen molar-refractivity contribution in [1.29, 1.82) is 0 Å². The molecule has 2 aromatic carbocycles. The minimum absolute atomic E-state index is 0.117. The molecule has 2 aliphatic heterocycles. The van der Waals surface area contributed by atoms with Gasteiger partial charge in [0.05, 0.1) is 12.2 Å². The number of rotatable bonds is 10. The van der Waals surface area contributed by atoms with Gasteiger partial charge in [0.1, 0.15) is 30.1 Å². The fourth-order valence-electron chi connectivity index (χ4n) is 5.30. The predicted molar refractivity (Wildman–Crippen MR) is 146 cm³/mol. The maximum atomic E-state index is 13.5. The number of alkyl halides is 3. The molecule has 1 fully saturated rings. The van der Waals surface area contributed by atoms with E-state index in [0.29, 0.717) is 79.8 Å². The van der Waals surface area contributed by atoms with Gasteiger partial charge in [-0.25, -0.2) is 9.59 Å². The van der Waals surface area contributed by atoms with Crippen LogP contribution in [0.1, 0.15) is 56.2 Å². The van der Waals surface area contributed by atoms with Gasteiger partial charge in [0.25, 0.3) is 5.91 Å². The zero-order valence-electron chi connectivity index (χ0n) is 23.3. The summed E-state index contributed by atoms with van der Waals surface area (Å²) in [5, 5.41) is 2.61. The van der Waals surface area contributed by atoms with E-state index in [-0.39, 0.29) is 30.0 Å². The molecule has 0 bridgehead atoms. The number of benzene rings is 2. The molecule has 3 amide bonds. The summed E-state index contributed by atoms with van der Waals surface area (Å²) in [4.78, 5) is 39.1. The summed E-state index contributed by atoms with van der Waals surface area (Å²) < 4.78 is 62.8. The van der Waals surface area contributed by atoms with Crippen LogP contribution in [-0.2, 0) is 22.9 Å². The molecule has 0 spiro atoms. The summed E-state index contributed by atoms with van der Waals surface area (Å²) in [6.07, 6.45) is -2.00. The maximum Gasteiger partial charge on any atom is 0.417 e. The van der Waals surface area contributed by atoms with E-state index in [0.717, 1.165) is 0 Å². The molecule has 1 aromatic heterocycles. The highest BCUT2D eigenvalue weighted by Gasteiger charge is 2.49. The number of nitrogens with one attached hydrogen (secondary N) is 1. The molecule has 9 nitrogen and oxygen atoms in total. The van der Waals surface area contributed by atoms with Crippen LogP contribution in [0.3, 0.4) is 0 Å². The molecule has 0 radical (unpaired) electrons. The van der Waals surface area contributed by atoms with Crippen LogP contribution < -0.4 is 25.2 Å². The maximum absolute atomic E-state index is 13.5. The Bertz CT molecular complexity index is 1570. The monoisotopic (exact) mass is 588 g/mol. The second-order valence-electron chi connectivity index (χ2n) is 10.4. The van der Waals surface area contributed by atoms with E-state index in [1.54, 1.807) is 25.1 Å². The molecular formula is C30H31F3N2O7. The third-order valence-corrected chi connectivity index (χ3v) is 7.46. The number of unbranched alkanes of at least 4 members (excludes halogenated alkanes) is 2. The van der Waals surface area contributed by atoms with Gasteiger partial charge in [0, 0.05) is 23.6 Å². The van der Waals surface area contributed by atoms with Crippen LogP contribution in [0.15, 0.2) is 45.6 Å². The SMILES string of the molecule is CCCc1c(OCCCCCN2C(=O)NC(C)(c3ccc4c(c3)OCCO4)C2=O)ccc2c(C(F)(F)F)cc(=O)oc12. The van der Waals surface area contributed by atoms with Crippen molar-refractivity contribution in [3.8, 4) is 17.2 Å². The lowest BCUT2D eigenvalue weighted by Gasteiger charge is -2.25. The third kappa shape index (κ3) is 5.62. The van der Waals surface area contributed by atoms with Gasteiger partial charge in [-0.2, -0.15) is 13.2 Å². The number of aryl methyl sites for hydroxylation is 1. The van der Waals surface area contributed by atoms with E-state index in [4.69, 9.17) is 18.6 Å². The van der Waals surface area contributed by atoms with Crippen LogP contribution in [0, 0.1) is 0 Å². The summed E-state index contributed by atoms with van der Waals surface area (Å²) in [5.41, 5.74) is -2.46. The number of fused-ring (bicyclic) bond motifs is 2. The Hall–Kier alpha value is -4.22. The standard InChI is InChI=1S/C30H31F3N2O7/c1-3-7-20-22(11-9-19-21(30(31,32)33)17-25(36)42-26(19)20)39-13-6-4-5-12-35-27(37)29(2,34-28(35)38)18-8-10-23-24(16-18)41-15-14-40-23/h8-11,16-17H,3-7,12-15H2,1-2H3,(H,34,38). The van der Waals surface area contributed by atoms with Crippen molar-refractivity contribution in [2.45, 2.75) is 57.7 Å². The minimum atomic E-state index is -4.70. The molecule has 5 rings (SSSR count). The van der Waals surface area contributed by atoms with E-state index in [1.165, 1.54) is 17.0 Å². The Labute approximate surface area is 239 Å². The molecule has 1 saturated heterocycles. The lowest BCUT2D eigenvalue weighted by molar-refractivity contribution is -0.136. The van der Waals surface area contributed by atoms with Crippen LogP contribution in [0.25, 0.3) is 11.0 Å². The first kappa shape index (κ1) is 29.3. The van der Waals surface area contributed by atoms with Crippen LogP contribution in [0.2, 0.25) is 0 Å². The first-order valence-electron chi connectivity index (χ1n) is 13.9. The van der Waals surface area contributed by atoms with Crippen molar-refractivity contribution in [3.63, 3.8) is 0 Å². The average molecular weight is 589 g/mol.